The van der Waals surface area contributed by atoms with Crippen LogP contribution in [0.5, 0.6) is 5.75 Å². The van der Waals surface area contributed by atoms with Gasteiger partial charge in [-0.15, -0.1) is 0 Å². The van der Waals surface area contributed by atoms with Crippen LogP contribution < -0.4 is 15.9 Å². The van der Waals surface area contributed by atoms with Gasteiger partial charge in [-0.25, -0.2) is 0 Å². The van der Waals surface area contributed by atoms with Crippen molar-refractivity contribution in [1.29, 1.82) is 0 Å². The quantitative estimate of drug-likeness (QED) is 0.283. The fourth-order valence-corrected chi connectivity index (χ4v) is 5.93. The smallest absolute Gasteiger partial charge is 0.115 e. The minimum Gasteiger partial charge on any atom is -0.508 e. The Balaban J connectivity index is 0.000000192. The van der Waals surface area contributed by atoms with E-state index in [4.69, 9.17) is 0 Å². The maximum Gasteiger partial charge on any atom is 0.115 e. The summed E-state index contributed by atoms with van der Waals surface area (Å²) in [5.74, 6) is 0.312. The summed E-state index contributed by atoms with van der Waals surface area (Å²) in [5.41, 5.74) is 5.10. The Hall–Kier alpha value is -3.67. The monoisotopic (exact) mass is 460 g/mol. The Morgan fingerprint density at radius 2 is 0.735 bits per heavy atom. The summed E-state index contributed by atoms with van der Waals surface area (Å²) in [6.07, 6.45) is 0. The lowest BCUT2D eigenvalue weighted by molar-refractivity contribution is 0.475. The molecule has 1 nitrogen and oxygen atoms in total. The second-order valence-electron chi connectivity index (χ2n) is 8.25. The van der Waals surface area contributed by atoms with Gasteiger partial charge in [0.2, 0.25) is 0 Å². The topological polar surface area (TPSA) is 20.2 Å². The van der Waals surface area contributed by atoms with Gasteiger partial charge in [-0.1, -0.05) is 132 Å². The number of benzene rings is 5. The van der Waals surface area contributed by atoms with E-state index in [1.807, 2.05) is 24.3 Å². The van der Waals surface area contributed by atoms with Crippen LogP contribution in [-0.2, 0) is 0 Å². The molecule has 0 atom stereocenters. The fourth-order valence-electron chi connectivity index (χ4n) is 3.70. The van der Waals surface area contributed by atoms with E-state index in [9.17, 15) is 5.11 Å². The van der Waals surface area contributed by atoms with Gasteiger partial charge in [-0.05, 0) is 60.9 Å². The van der Waals surface area contributed by atoms with Gasteiger partial charge in [-0.2, -0.15) is 0 Å². The molecule has 168 valence electrons. The molecule has 0 saturated carbocycles. The van der Waals surface area contributed by atoms with Gasteiger partial charge in [0.25, 0.3) is 0 Å². The second-order valence-corrected chi connectivity index (χ2v) is 10.5. The average molecular weight is 461 g/mol. The third-order valence-corrected chi connectivity index (χ3v) is 8.02. The van der Waals surface area contributed by atoms with Crippen LogP contribution in [0.1, 0.15) is 11.1 Å². The summed E-state index contributed by atoms with van der Waals surface area (Å²) in [6, 6.07) is 45.9. The number of hydrogen-bond donors (Lipinski definition) is 1. The molecule has 34 heavy (non-hydrogen) atoms. The average Bonchev–Trinajstić information content (AvgIpc) is 2.89. The zero-order valence-corrected chi connectivity index (χ0v) is 20.5. The maximum absolute atomic E-state index is 9.56. The van der Waals surface area contributed by atoms with Crippen LogP contribution in [0.3, 0.4) is 0 Å². The molecule has 1 N–H and O–H groups in total. The Morgan fingerprint density at radius 1 is 0.412 bits per heavy atom. The number of hydrogen-bond acceptors (Lipinski definition) is 1. The molecule has 0 aliphatic rings. The summed E-state index contributed by atoms with van der Waals surface area (Å²) in [6.45, 7) is 4.22. The van der Waals surface area contributed by atoms with E-state index in [0.29, 0.717) is 5.75 Å². The maximum atomic E-state index is 9.56. The Bertz CT molecular complexity index is 1130. The molecule has 0 aliphatic carbocycles. The minimum absolute atomic E-state index is 0.312. The van der Waals surface area contributed by atoms with E-state index in [1.54, 1.807) is 12.1 Å². The molecule has 0 aliphatic heterocycles. The molecule has 0 saturated heterocycles. The highest BCUT2D eigenvalue weighted by molar-refractivity contribution is 7.79. The Morgan fingerprint density at radius 3 is 1.09 bits per heavy atom. The van der Waals surface area contributed by atoms with Crippen molar-refractivity contribution >= 4 is 23.8 Å². The van der Waals surface area contributed by atoms with Crippen molar-refractivity contribution in [3.8, 4) is 16.9 Å². The van der Waals surface area contributed by atoms with Crippen molar-refractivity contribution in [2.75, 3.05) is 0 Å². The first-order chi connectivity index (χ1) is 16.6. The van der Waals surface area contributed by atoms with Gasteiger partial charge in [0, 0.05) is 0 Å². The molecule has 2 heteroatoms. The first kappa shape index (κ1) is 23.5. The van der Waals surface area contributed by atoms with Crippen molar-refractivity contribution < 1.29 is 5.11 Å². The Labute approximate surface area is 204 Å². The third-order valence-electron chi connectivity index (χ3n) is 5.57. The normalized spacial score (nSPS) is 10.4. The van der Waals surface area contributed by atoms with Crippen LogP contribution in [0, 0.1) is 13.8 Å². The molecule has 5 rings (SSSR count). The van der Waals surface area contributed by atoms with Gasteiger partial charge < -0.3 is 5.11 Å². The largest absolute Gasteiger partial charge is 0.508 e. The van der Waals surface area contributed by atoms with Crippen molar-refractivity contribution in [3.05, 3.63) is 145 Å². The van der Waals surface area contributed by atoms with E-state index in [1.165, 1.54) is 38.2 Å². The summed E-state index contributed by atoms with van der Waals surface area (Å²) in [5, 5.41) is 13.5. The van der Waals surface area contributed by atoms with Crippen LogP contribution in [0.2, 0.25) is 0 Å². The number of aromatic hydroxyl groups is 1. The molecule has 0 heterocycles. The van der Waals surface area contributed by atoms with Gasteiger partial charge in [0.05, 0.1) is 0 Å². The molecular weight excluding hydrogens is 431 g/mol. The number of phenolic OH excluding ortho intramolecular Hbond substituents is 1. The van der Waals surface area contributed by atoms with E-state index in [0.717, 1.165) is 0 Å². The van der Waals surface area contributed by atoms with E-state index in [2.05, 4.69) is 111 Å². The molecular formula is C32H29OP. The van der Waals surface area contributed by atoms with Gasteiger partial charge >= 0.3 is 0 Å². The molecule has 0 aromatic heterocycles. The molecule has 0 bridgehead atoms. The highest BCUT2D eigenvalue weighted by Crippen LogP contribution is 2.33. The van der Waals surface area contributed by atoms with Crippen LogP contribution in [0.15, 0.2) is 133 Å². The summed E-state index contributed by atoms with van der Waals surface area (Å²) in [7, 11) is -0.594. The second kappa shape index (κ2) is 11.5. The number of phenols is 1. The fraction of sp³-hybridized carbons (Fsp3) is 0.0625. The summed E-state index contributed by atoms with van der Waals surface area (Å²) in [4.78, 5) is 0. The van der Waals surface area contributed by atoms with Gasteiger partial charge in [0.1, 0.15) is 5.75 Å². The molecule has 0 fully saturated rings. The molecule has 5 aromatic rings. The zero-order valence-electron chi connectivity index (χ0n) is 19.6. The van der Waals surface area contributed by atoms with Gasteiger partial charge in [0.15, 0.2) is 0 Å². The molecule has 5 aromatic carbocycles. The van der Waals surface area contributed by atoms with Crippen molar-refractivity contribution in [1.82, 2.24) is 0 Å². The van der Waals surface area contributed by atoms with Crippen LogP contribution >= 0.6 is 7.92 Å². The summed E-state index contributed by atoms with van der Waals surface area (Å²) < 4.78 is 0. The molecule has 0 amide bonds. The lowest BCUT2D eigenvalue weighted by atomic mass is 10.1. The van der Waals surface area contributed by atoms with Crippen LogP contribution in [0.25, 0.3) is 11.1 Å². The van der Waals surface area contributed by atoms with Gasteiger partial charge in [-0.3, -0.25) is 0 Å². The van der Waals surface area contributed by atoms with E-state index >= 15 is 0 Å². The first-order valence-electron chi connectivity index (χ1n) is 11.4. The van der Waals surface area contributed by atoms with Crippen molar-refractivity contribution in [2.24, 2.45) is 0 Å². The van der Waals surface area contributed by atoms with Crippen LogP contribution in [0.4, 0.5) is 0 Å². The molecule has 0 unspecified atom stereocenters. The molecule has 0 spiro atoms. The highest BCUT2D eigenvalue weighted by atomic mass is 31.1. The minimum atomic E-state index is -0.594. The SMILES string of the molecule is Cc1ccc(P(c2ccc(C)cc2)c2ccc(O)cc2)cc1.c1ccc(-c2ccccc2)cc1. The van der Waals surface area contributed by atoms with E-state index < -0.39 is 7.92 Å². The number of rotatable bonds is 4. The van der Waals surface area contributed by atoms with Crippen molar-refractivity contribution in [2.45, 2.75) is 13.8 Å². The van der Waals surface area contributed by atoms with Crippen molar-refractivity contribution in [3.63, 3.8) is 0 Å². The first-order valence-corrected chi connectivity index (χ1v) is 12.8. The summed E-state index contributed by atoms with van der Waals surface area (Å²) >= 11 is 0. The third kappa shape index (κ3) is 6.22. The standard InChI is InChI=1S/C20H19OP.C12H10/c1-15-3-9-18(10-4-15)22(19-11-5-16(2)6-12-19)20-13-7-17(21)8-14-20;1-3-7-11(8-4-1)12-9-5-2-6-10-12/h3-14,21H,1-2H3;1-10H. The highest BCUT2D eigenvalue weighted by Gasteiger charge is 2.16. The molecule has 0 radical (unpaired) electrons. The lowest BCUT2D eigenvalue weighted by Gasteiger charge is -2.19. The van der Waals surface area contributed by atoms with E-state index in [-0.39, 0.29) is 0 Å². The predicted octanol–water partition coefficient (Wildman–Crippen LogP) is 7.12. The Kier molecular flexibility index (Phi) is 7.91. The zero-order chi connectivity index (χ0) is 23.8. The predicted molar refractivity (Wildman–Crippen MR) is 148 cm³/mol. The number of aryl methyl sites for hydroxylation is 2. The lowest BCUT2D eigenvalue weighted by Crippen LogP contribution is -2.20. The van der Waals surface area contributed by atoms with Crippen LogP contribution in [-0.4, -0.2) is 5.11 Å².